The van der Waals surface area contributed by atoms with Crippen LogP contribution in [-0.4, -0.2) is 29.1 Å². The standard InChI is InChI=1S/C14H19NO2/c1-11-9-15(10-11)13(7-8-14(16)17)12-5-3-2-4-6-12/h2-6,11,13H,7-10H2,1H3,(H,16,17). The topological polar surface area (TPSA) is 40.5 Å². The molecule has 1 fully saturated rings. The summed E-state index contributed by atoms with van der Waals surface area (Å²) in [4.78, 5) is 13.1. The van der Waals surface area contributed by atoms with E-state index in [1.807, 2.05) is 18.2 Å². The number of aliphatic carboxylic acids is 1. The highest BCUT2D eigenvalue weighted by molar-refractivity contribution is 5.66. The number of rotatable bonds is 5. The van der Waals surface area contributed by atoms with E-state index in [-0.39, 0.29) is 12.5 Å². The quantitative estimate of drug-likeness (QED) is 0.849. The van der Waals surface area contributed by atoms with E-state index in [1.54, 1.807) is 0 Å². The minimum Gasteiger partial charge on any atom is -0.481 e. The van der Waals surface area contributed by atoms with Gasteiger partial charge in [-0.1, -0.05) is 37.3 Å². The average Bonchev–Trinajstić information content (AvgIpc) is 2.28. The summed E-state index contributed by atoms with van der Waals surface area (Å²) in [5, 5.41) is 8.82. The summed E-state index contributed by atoms with van der Waals surface area (Å²) in [5.74, 6) is 0.0329. The van der Waals surface area contributed by atoms with Crippen molar-refractivity contribution in [2.24, 2.45) is 5.92 Å². The van der Waals surface area contributed by atoms with Crippen LogP contribution in [0.15, 0.2) is 30.3 Å². The van der Waals surface area contributed by atoms with Crippen molar-refractivity contribution >= 4 is 5.97 Å². The Kier molecular flexibility index (Phi) is 3.79. The van der Waals surface area contributed by atoms with Crippen LogP contribution in [0.5, 0.6) is 0 Å². The number of carbonyl (C=O) groups is 1. The van der Waals surface area contributed by atoms with Crippen LogP contribution in [0.2, 0.25) is 0 Å². The van der Waals surface area contributed by atoms with Gasteiger partial charge in [0.15, 0.2) is 0 Å². The van der Waals surface area contributed by atoms with Crippen molar-refractivity contribution in [3.8, 4) is 0 Å². The van der Waals surface area contributed by atoms with E-state index in [2.05, 4.69) is 24.0 Å². The molecule has 1 saturated heterocycles. The first-order valence-electron chi connectivity index (χ1n) is 6.17. The summed E-state index contributed by atoms with van der Waals surface area (Å²) >= 11 is 0. The van der Waals surface area contributed by atoms with Gasteiger partial charge < -0.3 is 5.11 Å². The molecule has 1 aromatic carbocycles. The minimum atomic E-state index is -0.709. The van der Waals surface area contributed by atoms with E-state index in [4.69, 9.17) is 5.11 Å². The molecule has 1 atom stereocenters. The van der Waals surface area contributed by atoms with E-state index >= 15 is 0 Å². The van der Waals surface area contributed by atoms with Crippen molar-refractivity contribution in [3.63, 3.8) is 0 Å². The average molecular weight is 233 g/mol. The SMILES string of the molecule is CC1CN(C(CCC(=O)O)c2ccccc2)C1. The first kappa shape index (κ1) is 12.1. The normalized spacial score (nSPS) is 18.6. The Balaban J connectivity index is 2.04. The lowest BCUT2D eigenvalue weighted by Gasteiger charge is -2.43. The lowest BCUT2D eigenvalue weighted by atomic mass is 9.93. The zero-order valence-electron chi connectivity index (χ0n) is 10.2. The summed E-state index contributed by atoms with van der Waals surface area (Å²) < 4.78 is 0. The van der Waals surface area contributed by atoms with Crippen LogP contribution in [0, 0.1) is 5.92 Å². The number of hydrogen-bond donors (Lipinski definition) is 1. The van der Waals surface area contributed by atoms with Crippen LogP contribution in [0.25, 0.3) is 0 Å². The van der Waals surface area contributed by atoms with Crippen LogP contribution in [0.4, 0.5) is 0 Å². The Bertz CT molecular complexity index is 371. The van der Waals surface area contributed by atoms with Gasteiger partial charge in [-0.3, -0.25) is 9.69 Å². The number of benzene rings is 1. The molecule has 0 saturated carbocycles. The maximum atomic E-state index is 10.7. The van der Waals surface area contributed by atoms with Gasteiger partial charge in [-0.2, -0.15) is 0 Å². The van der Waals surface area contributed by atoms with E-state index in [0.29, 0.717) is 6.42 Å². The predicted molar refractivity (Wildman–Crippen MR) is 66.8 cm³/mol. The van der Waals surface area contributed by atoms with Gasteiger partial charge in [0.25, 0.3) is 0 Å². The minimum absolute atomic E-state index is 0.241. The fourth-order valence-electron chi connectivity index (χ4n) is 2.50. The van der Waals surface area contributed by atoms with Gasteiger partial charge >= 0.3 is 5.97 Å². The van der Waals surface area contributed by atoms with Crippen molar-refractivity contribution in [2.45, 2.75) is 25.8 Å². The van der Waals surface area contributed by atoms with E-state index in [0.717, 1.165) is 19.0 Å². The number of hydrogen-bond acceptors (Lipinski definition) is 2. The van der Waals surface area contributed by atoms with Crippen LogP contribution in [0.1, 0.15) is 31.4 Å². The molecule has 1 N–H and O–H groups in total. The number of likely N-dealkylation sites (tertiary alicyclic amines) is 1. The largest absolute Gasteiger partial charge is 0.481 e. The summed E-state index contributed by atoms with van der Waals surface area (Å²) in [5.41, 5.74) is 1.24. The highest BCUT2D eigenvalue weighted by atomic mass is 16.4. The second kappa shape index (κ2) is 5.32. The van der Waals surface area contributed by atoms with E-state index in [9.17, 15) is 4.79 Å². The molecule has 0 amide bonds. The molecular weight excluding hydrogens is 214 g/mol. The van der Waals surface area contributed by atoms with Crippen molar-refractivity contribution in [1.82, 2.24) is 4.90 Å². The third kappa shape index (κ3) is 3.07. The summed E-state index contributed by atoms with van der Waals surface area (Å²) in [6.45, 7) is 4.40. The van der Waals surface area contributed by atoms with Gasteiger partial charge in [0.2, 0.25) is 0 Å². The smallest absolute Gasteiger partial charge is 0.303 e. The van der Waals surface area contributed by atoms with Gasteiger partial charge in [-0.05, 0) is 17.9 Å². The lowest BCUT2D eigenvalue weighted by Crippen LogP contribution is -2.47. The molecule has 3 heteroatoms. The van der Waals surface area contributed by atoms with Crippen LogP contribution in [-0.2, 0) is 4.79 Å². The molecule has 0 spiro atoms. The van der Waals surface area contributed by atoms with Crippen LogP contribution >= 0.6 is 0 Å². The summed E-state index contributed by atoms with van der Waals surface area (Å²) in [6, 6.07) is 10.5. The Labute approximate surface area is 102 Å². The molecule has 1 aromatic rings. The Morgan fingerprint density at radius 3 is 2.59 bits per heavy atom. The Morgan fingerprint density at radius 2 is 2.06 bits per heavy atom. The van der Waals surface area contributed by atoms with Crippen molar-refractivity contribution in [1.29, 1.82) is 0 Å². The first-order chi connectivity index (χ1) is 8.16. The fraction of sp³-hybridized carbons (Fsp3) is 0.500. The van der Waals surface area contributed by atoms with Crippen molar-refractivity contribution in [2.75, 3.05) is 13.1 Å². The molecule has 3 nitrogen and oxygen atoms in total. The molecule has 1 heterocycles. The predicted octanol–water partition coefficient (Wildman–Crippen LogP) is 2.54. The first-order valence-corrected chi connectivity index (χ1v) is 6.17. The van der Waals surface area contributed by atoms with Crippen molar-refractivity contribution < 1.29 is 9.90 Å². The maximum Gasteiger partial charge on any atom is 0.303 e. The fourth-order valence-corrected chi connectivity index (χ4v) is 2.50. The molecular formula is C14H19NO2. The number of nitrogens with zero attached hydrogens (tertiary/aromatic N) is 1. The maximum absolute atomic E-state index is 10.7. The summed E-state index contributed by atoms with van der Waals surface area (Å²) in [6.07, 6.45) is 0.941. The van der Waals surface area contributed by atoms with Crippen molar-refractivity contribution in [3.05, 3.63) is 35.9 Å². The third-order valence-electron chi connectivity index (χ3n) is 3.35. The highest BCUT2D eigenvalue weighted by Gasteiger charge is 2.30. The van der Waals surface area contributed by atoms with Gasteiger partial charge in [0, 0.05) is 25.6 Å². The second-order valence-corrected chi connectivity index (χ2v) is 4.92. The molecule has 92 valence electrons. The third-order valence-corrected chi connectivity index (χ3v) is 3.35. The van der Waals surface area contributed by atoms with Gasteiger partial charge in [0.1, 0.15) is 0 Å². The van der Waals surface area contributed by atoms with Gasteiger partial charge in [-0.15, -0.1) is 0 Å². The lowest BCUT2D eigenvalue weighted by molar-refractivity contribution is -0.137. The Hall–Kier alpha value is -1.35. The molecule has 0 bridgehead atoms. The van der Waals surface area contributed by atoms with Crippen LogP contribution < -0.4 is 0 Å². The van der Waals surface area contributed by atoms with Crippen LogP contribution in [0.3, 0.4) is 0 Å². The number of carboxylic acid groups (broad SMARTS) is 1. The summed E-state index contributed by atoms with van der Waals surface area (Å²) in [7, 11) is 0. The van der Waals surface area contributed by atoms with E-state index < -0.39 is 5.97 Å². The van der Waals surface area contributed by atoms with E-state index in [1.165, 1.54) is 5.56 Å². The molecule has 2 rings (SSSR count). The van der Waals surface area contributed by atoms with Gasteiger partial charge in [-0.25, -0.2) is 0 Å². The molecule has 17 heavy (non-hydrogen) atoms. The molecule has 1 aliphatic rings. The highest BCUT2D eigenvalue weighted by Crippen LogP contribution is 2.31. The number of carboxylic acids is 1. The molecule has 0 radical (unpaired) electrons. The molecule has 1 aliphatic heterocycles. The molecule has 0 aromatic heterocycles. The molecule has 0 aliphatic carbocycles. The molecule has 1 unspecified atom stereocenters. The Morgan fingerprint density at radius 1 is 1.41 bits per heavy atom. The second-order valence-electron chi connectivity index (χ2n) is 4.92. The van der Waals surface area contributed by atoms with Gasteiger partial charge in [0.05, 0.1) is 0 Å². The zero-order valence-corrected chi connectivity index (χ0v) is 10.2. The zero-order chi connectivity index (χ0) is 12.3. The monoisotopic (exact) mass is 233 g/mol.